The Labute approximate surface area is 152 Å². The van der Waals surface area contributed by atoms with Gasteiger partial charge in [0.1, 0.15) is 0 Å². The molecule has 3 aromatic carbocycles. The quantitative estimate of drug-likeness (QED) is 0.661. The van der Waals surface area contributed by atoms with Gasteiger partial charge in [0, 0.05) is 5.69 Å². The molecule has 1 fully saturated rings. The Kier molecular flexibility index (Phi) is 3.91. The standard InChI is InChI=1S/C21H24N2Si2/c1-22-24(2,3)23(19-13-7-4-8-14-19)25(22,20-15-9-5-10-16-20)21-17-11-6-12-18-21/h4-18H,1-3H3. The summed E-state index contributed by atoms with van der Waals surface area (Å²) < 4.78 is 5.56. The molecule has 1 heterocycles. The summed E-state index contributed by atoms with van der Waals surface area (Å²) in [5, 5.41) is 2.92. The minimum absolute atomic E-state index is 1.36. The molecule has 0 aromatic heterocycles. The first kappa shape index (κ1) is 16.3. The van der Waals surface area contributed by atoms with E-state index in [0.29, 0.717) is 0 Å². The van der Waals surface area contributed by atoms with Crippen LogP contribution in [0.15, 0.2) is 91.0 Å². The molecule has 126 valence electrons. The second kappa shape index (κ2) is 5.98. The lowest BCUT2D eigenvalue weighted by molar-refractivity contribution is 0.699. The van der Waals surface area contributed by atoms with Gasteiger partial charge in [-0.3, -0.25) is 0 Å². The molecule has 0 saturated carbocycles. The van der Waals surface area contributed by atoms with Crippen molar-refractivity contribution in [2.24, 2.45) is 0 Å². The van der Waals surface area contributed by atoms with Gasteiger partial charge < -0.3 is 8.46 Å². The van der Waals surface area contributed by atoms with E-state index in [1.165, 1.54) is 16.1 Å². The Morgan fingerprint density at radius 2 is 1.00 bits per heavy atom. The fraction of sp³-hybridized carbons (Fsp3) is 0.143. The molecule has 0 amide bonds. The van der Waals surface area contributed by atoms with Crippen molar-refractivity contribution in [3.63, 3.8) is 0 Å². The van der Waals surface area contributed by atoms with E-state index >= 15 is 0 Å². The molecule has 25 heavy (non-hydrogen) atoms. The van der Waals surface area contributed by atoms with Crippen LogP contribution in [-0.2, 0) is 0 Å². The average molecular weight is 361 g/mol. The van der Waals surface area contributed by atoms with Crippen molar-refractivity contribution in [1.29, 1.82) is 0 Å². The molecule has 0 spiro atoms. The first-order valence-electron chi connectivity index (χ1n) is 8.80. The minimum Gasteiger partial charge on any atom is -0.394 e. The van der Waals surface area contributed by atoms with Gasteiger partial charge in [-0.15, -0.1) is 0 Å². The van der Waals surface area contributed by atoms with E-state index < -0.39 is 16.8 Å². The van der Waals surface area contributed by atoms with E-state index in [2.05, 4.69) is 120 Å². The van der Waals surface area contributed by atoms with Crippen LogP contribution in [0.3, 0.4) is 0 Å². The molecule has 0 atom stereocenters. The minimum atomic E-state index is -2.18. The summed E-state index contributed by atoms with van der Waals surface area (Å²) in [6.07, 6.45) is 0. The van der Waals surface area contributed by atoms with E-state index in [1.54, 1.807) is 0 Å². The van der Waals surface area contributed by atoms with Gasteiger partial charge in [-0.2, -0.15) is 0 Å². The first-order valence-corrected chi connectivity index (χ1v) is 13.6. The molecule has 2 nitrogen and oxygen atoms in total. The number of nitrogens with zero attached hydrogens (tertiary/aromatic N) is 2. The van der Waals surface area contributed by atoms with Crippen molar-refractivity contribution in [2.75, 3.05) is 11.3 Å². The van der Waals surface area contributed by atoms with Crippen LogP contribution in [0.2, 0.25) is 13.1 Å². The summed E-state index contributed by atoms with van der Waals surface area (Å²) in [7, 11) is -1.53. The highest BCUT2D eigenvalue weighted by atomic mass is 28.5. The van der Waals surface area contributed by atoms with Crippen LogP contribution < -0.4 is 14.6 Å². The van der Waals surface area contributed by atoms with Gasteiger partial charge in [-0.05, 0) is 42.6 Å². The zero-order valence-electron chi connectivity index (χ0n) is 15.1. The Morgan fingerprint density at radius 3 is 1.44 bits per heavy atom. The molecule has 1 aliphatic rings. The Bertz CT molecular complexity index is 811. The monoisotopic (exact) mass is 360 g/mol. The van der Waals surface area contributed by atoms with E-state index in [9.17, 15) is 0 Å². The van der Waals surface area contributed by atoms with Crippen LogP contribution in [0, 0.1) is 0 Å². The van der Waals surface area contributed by atoms with Gasteiger partial charge >= 0.3 is 0 Å². The van der Waals surface area contributed by atoms with Crippen molar-refractivity contribution in [2.45, 2.75) is 13.1 Å². The summed E-state index contributed by atoms with van der Waals surface area (Å²) >= 11 is 0. The molecule has 4 rings (SSSR count). The number of hydrogen-bond donors (Lipinski definition) is 0. The van der Waals surface area contributed by atoms with E-state index in [4.69, 9.17) is 0 Å². The first-order chi connectivity index (χ1) is 12.1. The predicted octanol–water partition coefficient (Wildman–Crippen LogP) is 3.40. The highest BCUT2D eigenvalue weighted by molar-refractivity contribution is 7.23. The van der Waals surface area contributed by atoms with Crippen molar-refractivity contribution in [3.8, 4) is 0 Å². The third-order valence-corrected chi connectivity index (χ3v) is 17.9. The summed E-state index contributed by atoms with van der Waals surface area (Å²) in [6.45, 7) is 4.91. The molecule has 4 heteroatoms. The van der Waals surface area contributed by atoms with Crippen LogP contribution >= 0.6 is 0 Å². The Morgan fingerprint density at radius 1 is 0.600 bits per heavy atom. The second-order valence-electron chi connectivity index (χ2n) is 7.13. The van der Waals surface area contributed by atoms with Crippen molar-refractivity contribution in [3.05, 3.63) is 91.0 Å². The third-order valence-electron chi connectivity index (χ3n) is 5.54. The topological polar surface area (TPSA) is 6.48 Å². The second-order valence-corrected chi connectivity index (χ2v) is 15.7. The zero-order valence-corrected chi connectivity index (χ0v) is 17.1. The van der Waals surface area contributed by atoms with Gasteiger partial charge in [0.2, 0.25) is 8.40 Å². The van der Waals surface area contributed by atoms with E-state index in [-0.39, 0.29) is 0 Å². The van der Waals surface area contributed by atoms with Gasteiger partial charge in [0.05, 0.1) is 0 Å². The van der Waals surface area contributed by atoms with Crippen LogP contribution in [0.4, 0.5) is 5.69 Å². The average Bonchev–Trinajstić information content (AvgIpc) is 2.67. The highest BCUT2D eigenvalue weighted by Gasteiger charge is 2.66. The molecule has 1 saturated heterocycles. The van der Waals surface area contributed by atoms with Gasteiger partial charge in [0.15, 0.2) is 0 Å². The summed E-state index contributed by atoms with van der Waals surface area (Å²) in [6, 6.07) is 33.2. The van der Waals surface area contributed by atoms with Crippen LogP contribution in [-0.4, -0.2) is 28.1 Å². The van der Waals surface area contributed by atoms with Crippen molar-refractivity contribution in [1.82, 2.24) is 4.23 Å². The number of benzene rings is 3. The summed E-state index contributed by atoms with van der Waals surface area (Å²) in [5.74, 6) is 0. The molecular formula is C21H24N2Si2. The maximum Gasteiger partial charge on any atom is 0.289 e. The fourth-order valence-corrected chi connectivity index (χ4v) is 17.8. The smallest absolute Gasteiger partial charge is 0.289 e. The number of hydrogen-bond acceptors (Lipinski definition) is 2. The molecule has 0 bridgehead atoms. The molecule has 1 aliphatic heterocycles. The summed E-state index contributed by atoms with van der Waals surface area (Å²) in [4.78, 5) is 0. The normalized spacial score (nSPS) is 18.6. The van der Waals surface area contributed by atoms with Crippen molar-refractivity contribution >= 4 is 32.9 Å². The van der Waals surface area contributed by atoms with E-state index in [1.807, 2.05) is 0 Å². The van der Waals surface area contributed by atoms with Gasteiger partial charge in [-0.1, -0.05) is 78.9 Å². The van der Waals surface area contributed by atoms with Crippen LogP contribution in [0.5, 0.6) is 0 Å². The lowest BCUT2D eigenvalue weighted by atomic mass is 10.3. The number of anilines is 1. The number of rotatable bonds is 3. The van der Waals surface area contributed by atoms with E-state index in [0.717, 1.165) is 0 Å². The van der Waals surface area contributed by atoms with Gasteiger partial charge in [0.25, 0.3) is 8.40 Å². The number of para-hydroxylation sites is 1. The SMILES string of the molecule is CN1[Si](C)(C)N(c2ccccc2)[Si]1(c1ccccc1)c1ccccc1. The molecule has 3 aromatic rings. The van der Waals surface area contributed by atoms with Crippen LogP contribution in [0.1, 0.15) is 0 Å². The van der Waals surface area contributed by atoms with Crippen molar-refractivity contribution < 1.29 is 0 Å². The highest BCUT2D eigenvalue weighted by Crippen LogP contribution is 2.40. The largest absolute Gasteiger partial charge is 0.394 e. The lowest BCUT2D eigenvalue weighted by Gasteiger charge is -2.69. The van der Waals surface area contributed by atoms with Crippen LogP contribution in [0.25, 0.3) is 0 Å². The summed E-state index contributed by atoms with van der Waals surface area (Å²) in [5.41, 5.74) is 1.36. The maximum atomic E-state index is 2.81. The Hall–Kier alpha value is -2.15. The lowest BCUT2D eigenvalue weighted by Crippen LogP contribution is -2.99. The molecular weight excluding hydrogens is 336 g/mol. The molecule has 0 radical (unpaired) electrons. The molecule has 0 N–H and O–H groups in total. The molecule has 0 unspecified atom stereocenters. The van der Waals surface area contributed by atoms with Gasteiger partial charge in [-0.25, -0.2) is 0 Å². The predicted molar refractivity (Wildman–Crippen MR) is 112 cm³/mol. The zero-order chi connectivity index (χ0) is 17.5. The Balaban J connectivity index is 2.00. The fourth-order valence-electron chi connectivity index (χ4n) is 4.28. The molecule has 0 aliphatic carbocycles. The third kappa shape index (κ3) is 2.25. The maximum absolute atomic E-state index is 2.81.